The Hall–Kier alpha value is -1.69. The highest BCUT2D eigenvalue weighted by molar-refractivity contribution is 5.76. The summed E-state index contributed by atoms with van der Waals surface area (Å²) in [6.45, 7) is 4.12. The first kappa shape index (κ1) is 14.3. The van der Waals surface area contributed by atoms with Crippen molar-refractivity contribution in [3.8, 4) is 0 Å². The molecule has 0 aliphatic heterocycles. The Morgan fingerprint density at radius 2 is 2.05 bits per heavy atom. The van der Waals surface area contributed by atoms with Crippen LogP contribution in [0.1, 0.15) is 57.0 Å². The molecule has 2 aromatic heterocycles. The van der Waals surface area contributed by atoms with Crippen LogP contribution in [0.5, 0.6) is 0 Å². The van der Waals surface area contributed by atoms with Crippen LogP contribution in [0.2, 0.25) is 0 Å². The first-order valence-corrected chi connectivity index (χ1v) is 7.79. The molecule has 0 amide bonds. The highest BCUT2D eigenvalue weighted by atomic mass is 16.1. The third kappa shape index (κ3) is 2.72. The van der Waals surface area contributed by atoms with Crippen LogP contribution in [-0.4, -0.2) is 26.2 Å². The predicted octanol–water partition coefficient (Wildman–Crippen LogP) is 1.83. The SMILES string of the molecule is CC(C)c1[nH]nc2c(=O)[nH]c(C[C@@H]3CCCC[C@H]3N)nc12. The van der Waals surface area contributed by atoms with Gasteiger partial charge in [-0.1, -0.05) is 26.7 Å². The molecule has 6 heteroatoms. The highest BCUT2D eigenvalue weighted by Crippen LogP contribution is 2.26. The Balaban J connectivity index is 1.95. The van der Waals surface area contributed by atoms with Gasteiger partial charge in [0.2, 0.25) is 0 Å². The number of aromatic amines is 2. The lowest BCUT2D eigenvalue weighted by molar-refractivity contribution is 0.302. The Morgan fingerprint density at radius 3 is 2.76 bits per heavy atom. The zero-order chi connectivity index (χ0) is 15.0. The molecule has 1 fully saturated rings. The summed E-state index contributed by atoms with van der Waals surface area (Å²) in [7, 11) is 0. The quantitative estimate of drug-likeness (QED) is 0.802. The van der Waals surface area contributed by atoms with E-state index in [9.17, 15) is 4.79 Å². The number of nitrogens with one attached hydrogen (secondary N) is 2. The van der Waals surface area contributed by atoms with Gasteiger partial charge in [0, 0.05) is 12.5 Å². The van der Waals surface area contributed by atoms with E-state index >= 15 is 0 Å². The van der Waals surface area contributed by atoms with Gasteiger partial charge in [-0.05, 0) is 24.7 Å². The van der Waals surface area contributed by atoms with Crippen LogP contribution in [0.15, 0.2) is 4.79 Å². The average molecular weight is 289 g/mol. The summed E-state index contributed by atoms with van der Waals surface area (Å²) in [5, 5.41) is 7.02. The number of rotatable bonds is 3. The molecule has 0 bridgehead atoms. The molecule has 0 unspecified atom stereocenters. The molecule has 4 N–H and O–H groups in total. The molecule has 2 heterocycles. The first-order valence-electron chi connectivity index (χ1n) is 7.79. The van der Waals surface area contributed by atoms with E-state index in [-0.39, 0.29) is 17.5 Å². The van der Waals surface area contributed by atoms with E-state index in [0.29, 0.717) is 17.0 Å². The Labute approximate surface area is 123 Å². The summed E-state index contributed by atoms with van der Waals surface area (Å²) in [6.07, 6.45) is 5.36. The van der Waals surface area contributed by atoms with Gasteiger partial charge in [-0.25, -0.2) is 4.98 Å². The zero-order valence-corrected chi connectivity index (χ0v) is 12.6. The first-order chi connectivity index (χ1) is 10.1. The summed E-state index contributed by atoms with van der Waals surface area (Å²) >= 11 is 0. The molecular weight excluding hydrogens is 266 g/mol. The lowest BCUT2D eigenvalue weighted by Crippen LogP contribution is -2.35. The fourth-order valence-corrected chi connectivity index (χ4v) is 3.21. The average Bonchev–Trinajstić information content (AvgIpc) is 2.86. The minimum absolute atomic E-state index is 0.164. The second-order valence-electron chi connectivity index (χ2n) is 6.41. The summed E-state index contributed by atoms with van der Waals surface area (Å²) in [6, 6.07) is 0.216. The molecule has 1 aliphatic carbocycles. The van der Waals surface area contributed by atoms with Crippen molar-refractivity contribution in [2.24, 2.45) is 11.7 Å². The van der Waals surface area contributed by atoms with Crippen molar-refractivity contribution in [1.82, 2.24) is 20.2 Å². The molecule has 114 valence electrons. The van der Waals surface area contributed by atoms with E-state index in [4.69, 9.17) is 5.73 Å². The van der Waals surface area contributed by atoms with Crippen LogP contribution in [0.3, 0.4) is 0 Å². The van der Waals surface area contributed by atoms with E-state index in [1.807, 2.05) is 0 Å². The monoisotopic (exact) mass is 289 g/mol. The van der Waals surface area contributed by atoms with Crippen molar-refractivity contribution in [3.63, 3.8) is 0 Å². The van der Waals surface area contributed by atoms with E-state index in [1.165, 1.54) is 12.8 Å². The van der Waals surface area contributed by atoms with Crippen LogP contribution in [0.25, 0.3) is 11.0 Å². The topological polar surface area (TPSA) is 100 Å². The highest BCUT2D eigenvalue weighted by Gasteiger charge is 2.23. The number of hydrogen-bond acceptors (Lipinski definition) is 4. The molecule has 3 rings (SSSR count). The number of hydrogen-bond donors (Lipinski definition) is 3. The van der Waals surface area contributed by atoms with Crippen molar-refractivity contribution < 1.29 is 0 Å². The standard InChI is InChI=1S/C15H23N5O/c1-8(2)12-13-14(20-19-12)15(21)18-11(17-13)7-9-5-3-4-6-10(9)16/h8-10H,3-7,16H2,1-2H3,(H,19,20)(H,17,18,21)/t9-,10+/m0/s1. The molecule has 1 saturated carbocycles. The maximum Gasteiger partial charge on any atom is 0.279 e. The largest absolute Gasteiger partial charge is 0.327 e. The molecule has 1 aliphatic rings. The van der Waals surface area contributed by atoms with Crippen LogP contribution in [0, 0.1) is 5.92 Å². The molecule has 2 aromatic rings. The third-order valence-corrected chi connectivity index (χ3v) is 4.49. The molecule has 0 aromatic carbocycles. The van der Waals surface area contributed by atoms with E-state index in [0.717, 1.165) is 30.8 Å². The van der Waals surface area contributed by atoms with Gasteiger partial charge in [-0.3, -0.25) is 9.89 Å². The Bertz CT molecular complexity index is 687. The molecule has 21 heavy (non-hydrogen) atoms. The molecule has 2 atom stereocenters. The van der Waals surface area contributed by atoms with E-state index < -0.39 is 0 Å². The number of aromatic nitrogens is 4. The molecule has 6 nitrogen and oxygen atoms in total. The van der Waals surface area contributed by atoms with Gasteiger partial charge in [-0.2, -0.15) is 5.10 Å². The van der Waals surface area contributed by atoms with Gasteiger partial charge in [0.15, 0.2) is 5.52 Å². The van der Waals surface area contributed by atoms with Gasteiger partial charge < -0.3 is 10.7 Å². The van der Waals surface area contributed by atoms with Crippen molar-refractivity contribution in [2.75, 3.05) is 0 Å². The fourth-order valence-electron chi connectivity index (χ4n) is 3.21. The van der Waals surface area contributed by atoms with Gasteiger partial charge in [0.1, 0.15) is 11.3 Å². The second-order valence-corrected chi connectivity index (χ2v) is 6.41. The number of nitrogens with zero attached hydrogens (tertiary/aromatic N) is 2. The van der Waals surface area contributed by atoms with Gasteiger partial charge in [0.25, 0.3) is 5.56 Å². The van der Waals surface area contributed by atoms with Crippen molar-refractivity contribution >= 4 is 11.0 Å². The fraction of sp³-hybridized carbons (Fsp3) is 0.667. The Kier molecular flexibility index (Phi) is 3.80. The Morgan fingerprint density at radius 1 is 1.29 bits per heavy atom. The molecule has 0 spiro atoms. The number of fused-ring (bicyclic) bond motifs is 1. The van der Waals surface area contributed by atoms with Gasteiger partial charge >= 0.3 is 0 Å². The van der Waals surface area contributed by atoms with Gasteiger partial charge in [0.05, 0.1) is 5.69 Å². The molecular formula is C15H23N5O. The zero-order valence-electron chi connectivity index (χ0n) is 12.6. The van der Waals surface area contributed by atoms with Crippen molar-refractivity contribution in [1.29, 1.82) is 0 Å². The minimum atomic E-state index is -0.164. The number of H-pyrrole nitrogens is 2. The molecule has 0 radical (unpaired) electrons. The van der Waals surface area contributed by atoms with Crippen LogP contribution < -0.4 is 11.3 Å². The molecule has 0 saturated heterocycles. The van der Waals surface area contributed by atoms with Crippen LogP contribution in [0.4, 0.5) is 0 Å². The van der Waals surface area contributed by atoms with Crippen molar-refractivity contribution in [3.05, 3.63) is 21.9 Å². The summed E-state index contributed by atoms with van der Waals surface area (Å²) in [5.74, 6) is 1.40. The van der Waals surface area contributed by atoms with Crippen LogP contribution in [-0.2, 0) is 6.42 Å². The minimum Gasteiger partial charge on any atom is -0.327 e. The summed E-state index contributed by atoms with van der Waals surface area (Å²) < 4.78 is 0. The predicted molar refractivity (Wildman–Crippen MR) is 82.2 cm³/mol. The lowest BCUT2D eigenvalue weighted by Gasteiger charge is -2.28. The third-order valence-electron chi connectivity index (χ3n) is 4.49. The summed E-state index contributed by atoms with van der Waals surface area (Å²) in [4.78, 5) is 19.7. The smallest absolute Gasteiger partial charge is 0.279 e. The van der Waals surface area contributed by atoms with Crippen LogP contribution >= 0.6 is 0 Å². The lowest BCUT2D eigenvalue weighted by atomic mass is 9.83. The summed E-state index contributed by atoms with van der Waals surface area (Å²) in [5.41, 5.74) is 8.06. The van der Waals surface area contributed by atoms with E-state index in [2.05, 4.69) is 34.0 Å². The van der Waals surface area contributed by atoms with Crippen molar-refractivity contribution in [2.45, 2.75) is 57.9 Å². The second kappa shape index (κ2) is 5.60. The van der Waals surface area contributed by atoms with E-state index in [1.54, 1.807) is 0 Å². The normalized spacial score (nSPS) is 23.0. The number of nitrogens with two attached hydrogens (primary N) is 1. The van der Waals surface area contributed by atoms with Gasteiger partial charge in [-0.15, -0.1) is 0 Å². The maximum absolute atomic E-state index is 12.1. The maximum atomic E-state index is 12.1.